The van der Waals surface area contributed by atoms with Crippen LogP contribution < -0.4 is 5.56 Å². The molecule has 0 spiro atoms. The lowest BCUT2D eigenvalue weighted by atomic mass is 10.0. The largest absolute Gasteiger partial charge is 0.478 e. The summed E-state index contributed by atoms with van der Waals surface area (Å²) in [6.07, 6.45) is 0.521. The van der Waals surface area contributed by atoms with Gasteiger partial charge < -0.3 is 5.11 Å². The highest BCUT2D eigenvalue weighted by Crippen LogP contribution is 2.16. The Morgan fingerprint density at radius 3 is 2.42 bits per heavy atom. The van der Waals surface area contributed by atoms with Gasteiger partial charge in [0.25, 0.3) is 5.56 Å². The number of carbonyl (C=O) groups is 1. The number of aromatic carboxylic acids is 1. The molecule has 1 N–H and O–H groups in total. The average molecular weight is 257 g/mol. The summed E-state index contributed by atoms with van der Waals surface area (Å²) < 4.78 is 1.43. The van der Waals surface area contributed by atoms with E-state index in [0.717, 1.165) is 0 Å². The van der Waals surface area contributed by atoms with Crippen LogP contribution in [0.1, 0.15) is 28.5 Å². The third kappa shape index (κ3) is 2.29. The predicted molar refractivity (Wildman–Crippen MR) is 73.1 cm³/mol. The van der Waals surface area contributed by atoms with Gasteiger partial charge in [-0.3, -0.25) is 9.36 Å². The number of benzene rings is 1. The van der Waals surface area contributed by atoms with Crippen molar-refractivity contribution in [3.63, 3.8) is 0 Å². The molecule has 0 saturated heterocycles. The molecule has 1 aromatic heterocycles. The van der Waals surface area contributed by atoms with Gasteiger partial charge in [0, 0.05) is 17.4 Å². The van der Waals surface area contributed by atoms with Crippen LogP contribution >= 0.6 is 0 Å². The Hall–Kier alpha value is -2.36. The highest BCUT2D eigenvalue weighted by molar-refractivity contribution is 5.90. The highest BCUT2D eigenvalue weighted by atomic mass is 16.4. The van der Waals surface area contributed by atoms with Crippen LogP contribution in [0.15, 0.2) is 41.2 Å². The molecule has 0 saturated carbocycles. The molecule has 0 aliphatic carbocycles. The van der Waals surface area contributed by atoms with E-state index in [9.17, 15) is 14.7 Å². The lowest BCUT2D eigenvalue weighted by Crippen LogP contribution is -2.24. The molecule has 0 bridgehead atoms. The molecule has 4 heteroatoms. The van der Waals surface area contributed by atoms with Gasteiger partial charge in [0.2, 0.25) is 0 Å². The monoisotopic (exact) mass is 257 g/mol. The molecule has 0 unspecified atom stereocenters. The summed E-state index contributed by atoms with van der Waals surface area (Å²) in [5, 5.41) is 9.32. The average Bonchev–Trinajstić information content (AvgIpc) is 2.38. The molecule has 2 aromatic rings. The summed E-state index contributed by atoms with van der Waals surface area (Å²) in [4.78, 5) is 23.5. The Labute approximate surface area is 110 Å². The van der Waals surface area contributed by atoms with E-state index in [1.54, 1.807) is 19.1 Å². The first-order chi connectivity index (χ1) is 9.06. The molecule has 4 nitrogen and oxygen atoms in total. The van der Waals surface area contributed by atoms with Crippen molar-refractivity contribution in [3.05, 3.63) is 63.6 Å². The summed E-state index contributed by atoms with van der Waals surface area (Å²) in [6.45, 7) is 3.50. The lowest BCUT2D eigenvalue weighted by Gasteiger charge is -2.14. The van der Waals surface area contributed by atoms with Gasteiger partial charge in [-0.2, -0.15) is 0 Å². The molecule has 0 aliphatic rings. The van der Waals surface area contributed by atoms with Crippen molar-refractivity contribution in [2.45, 2.75) is 20.3 Å². The minimum Gasteiger partial charge on any atom is -0.478 e. The Morgan fingerprint density at radius 2 is 1.89 bits per heavy atom. The minimum absolute atomic E-state index is 0.203. The number of rotatable bonds is 3. The van der Waals surface area contributed by atoms with Crippen molar-refractivity contribution in [2.24, 2.45) is 0 Å². The quantitative estimate of drug-likeness (QED) is 0.918. The van der Waals surface area contributed by atoms with E-state index in [2.05, 4.69) is 0 Å². The van der Waals surface area contributed by atoms with E-state index in [4.69, 9.17) is 0 Å². The number of para-hydroxylation sites is 1. The van der Waals surface area contributed by atoms with Crippen molar-refractivity contribution in [3.8, 4) is 5.69 Å². The van der Waals surface area contributed by atoms with Gasteiger partial charge in [-0.15, -0.1) is 0 Å². The Bertz CT molecular complexity index is 672. The molecule has 98 valence electrons. The molecule has 19 heavy (non-hydrogen) atoms. The number of nitrogens with zero attached hydrogens (tertiary/aromatic N) is 1. The molecule has 1 heterocycles. The molecular weight excluding hydrogens is 242 g/mol. The molecule has 0 fully saturated rings. The molecule has 0 atom stereocenters. The molecule has 0 amide bonds. The normalized spacial score (nSPS) is 10.4. The van der Waals surface area contributed by atoms with Crippen LogP contribution in [0.25, 0.3) is 5.69 Å². The predicted octanol–water partition coefficient (Wildman–Crippen LogP) is 2.41. The number of aromatic nitrogens is 1. The van der Waals surface area contributed by atoms with Gasteiger partial charge in [-0.05, 0) is 31.0 Å². The summed E-state index contributed by atoms with van der Waals surface area (Å²) in [5.74, 6) is -1.00. The summed E-state index contributed by atoms with van der Waals surface area (Å²) in [5.41, 5.74) is 1.72. The van der Waals surface area contributed by atoms with Crippen LogP contribution in [0, 0.1) is 6.92 Å². The van der Waals surface area contributed by atoms with Gasteiger partial charge in [0.15, 0.2) is 0 Å². The fourth-order valence-electron chi connectivity index (χ4n) is 2.26. The van der Waals surface area contributed by atoms with Crippen molar-refractivity contribution < 1.29 is 9.90 Å². The molecular formula is C15H15NO3. The fourth-order valence-corrected chi connectivity index (χ4v) is 2.26. The zero-order chi connectivity index (χ0) is 14.0. The van der Waals surface area contributed by atoms with Gasteiger partial charge >= 0.3 is 5.97 Å². The van der Waals surface area contributed by atoms with Crippen LogP contribution in [0.4, 0.5) is 0 Å². The van der Waals surface area contributed by atoms with Gasteiger partial charge in [-0.25, -0.2) is 4.79 Å². The number of pyridine rings is 1. The number of hydrogen-bond donors (Lipinski definition) is 1. The van der Waals surface area contributed by atoms with Gasteiger partial charge in [-0.1, -0.05) is 25.1 Å². The van der Waals surface area contributed by atoms with E-state index in [1.807, 2.05) is 25.1 Å². The topological polar surface area (TPSA) is 59.3 Å². The fraction of sp³-hybridized carbons (Fsp3) is 0.200. The number of aryl methyl sites for hydroxylation is 1. The first-order valence-corrected chi connectivity index (χ1v) is 6.10. The van der Waals surface area contributed by atoms with Gasteiger partial charge in [0.05, 0.1) is 5.56 Å². The Balaban J connectivity index is 2.80. The van der Waals surface area contributed by atoms with Crippen LogP contribution in [0.2, 0.25) is 0 Å². The molecule has 1 aromatic carbocycles. The van der Waals surface area contributed by atoms with Crippen molar-refractivity contribution in [1.29, 1.82) is 0 Å². The maximum absolute atomic E-state index is 12.2. The molecule has 0 radical (unpaired) electrons. The second-order valence-electron chi connectivity index (χ2n) is 4.30. The maximum atomic E-state index is 12.2. The number of carboxylic acid groups (broad SMARTS) is 1. The maximum Gasteiger partial charge on any atom is 0.337 e. The third-order valence-electron chi connectivity index (χ3n) is 3.15. The second-order valence-corrected chi connectivity index (χ2v) is 4.30. The zero-order valence-corrected chi connectivity index (χ0v) is 10.9. The summed E-state index contributed by atoms with van der Waals surface area (Å²) in [6, 6.07) is 10.5. The molecule has 0 aliphatic heterocycles. The Kier molecular flexibility index (Phi) is 3.51. The number of carboxylic acids is 1. The van der Waals surface area contributed by atoms with Crippen LogP contribution in [0.5, 0.6) is 0 Å². The van der Waals surface area contributed by atoms with E-state index in [0.29, 0.717) is 23.4 Å². The summed E-state index contributed by atoms with van der Waals surface area (Å²) >= 11 is 0. The third-order valence-corrected chi connectivity index (χ3v) is 3.15. The van der Waals surface area contributed by atoms with E-state index in [-0.39, 0.29) is 11.1 Å². The summed E-state index contributed by atoms with van der Waals surface area (Å²) in [7, 11) is 0. The van der Waals surface area contributed by atoms with Gasteiger partial charge in [0.1, 0.15) is 0 Å². The van der Waals surface area contributed by atoms with Crippen LogP contribution in [0.3, 0.4) is 0 Å². The van der Waals surface area contributed by atoms with Crippen molar-refractivity contribution in [2.75, 3.05) is 0 Å². The minimum atomic E-state index is -1.00. The van der Waals surface area contributed by atoms with Crippen molar-refractivity contribution >= 4 is 5.97 Å². The first kappa shape index (κ1) is 13.1. The Morgan fingerprint density at radius 1 is 1.26 bits per heavy atom. The van der Waals surface area contributed by atoms with E-state index < -0.39 is 5.97 Å². The first-order valence-electron chi connectivity index (χ1n) is 6.10. The van der Waals surface area contributed by atoms with Crippen molar-refractivity contribution in [1.82, 2.24) is 4.57 Å². The SMILES string of the molecule is CCc1cc(=O)n(-c2ccccc2)c(C)c1C(=O)O. The zero-order valence-electron chi connectivity index (χ0n) is 10.9. The van der Waals surface area contributed by atoms with Crippen LogP contribution in [-0.2, 0) is 6.42 Å². The van der Waals surface area contributed by atoms with E-state index >= 15 is 0 Å². The van der Waals surface area contributed by atoms with E-state index in [1.165, 1.54) is 10.6 Å². The molecule has 2 rings (SSSR count). The lowest BCUT2D eigenvalue weighted by molar-refractivity contribution is 0.0694. The number of hydrogen-bond acceptors (Lipinski definition) is 2. The van der Waals surface area contributed by atoms with Crippen LogP contribution in [-0.4, -0.2) is 15.6 Å². The smallest absolute Gasteiger partial charge is 0.337 e. The highest BCUT2D eigenvalue weighted by Gasteiger charge is 2.17. The standard InChI is InChI=1S/C15H15NO3/c1-3-11-9-13(17)16(10(2)14(11)15(18)19)12-7-5-4-6-8-12/h4-9H,3H2,1-2H3,(H,18,19). The second kappa shape index (κ2) is 5.10.